The van der Waals surface area contributed by atoms with E-state index in [1.165, 1.54) is 11.8 Å². The Labute approximate surface area is 96.6 Å². The number of Topliss-reactive ketones (excluding diaryl/α,β-unsaturated/α-hetero) is 1. The van der Waals surface area contributed by atoms with Crippen LogP contribution < -0.4 is 0 Å². The number of thioether (sulfide) groups is 1. The van der Waals surface area contributed by atoms with Gasteiger partial charge in [0.15, 0.2) is 11.3 Å². The number of para-hydroxylation sites is 1. The van der Waals surface area contributed by atoms with Gasteiger partial charge in [-0.1, -0.05) is 23.7 Å². The standard InChI is InChI=1S/C11H9ClO2S/c1-15-6-9(13)10-5-7-3-2-4-8(12)11(7)14-10/h2-5H,6H2,1H3. The number of fused-ring (bicyclic) bond motifs is 1. The molecule has 0 aliphatic carbocycles. The lowest BCUT2D eigenvalue weighted by Gasteiger charge is -1.92. The summed E-state index contributed by atoms with van der Waals surface area (Å²) >= 11 is 7.42. The average Bonchev–Trinajstić information content (AvgIpc) is 2.63. The zero-order chi connectivity index (χ0) is 10.8. The fourth-order valence-corrected chi connectivity index (χ4v) is 1.99. The van der Waals surface area contributed by atoms with E-state index in [0.29, 0.717) is 22.1 Å². The van der Waals surface area contributed by atoms with Gasteiger partial charge in [0.1, 0.15) is 0 Å². The smallest absolute Gasteiger partial charge is 0.207 e. The summed E-state index contributed by atoms with van der Waals surface area (Å²) in [6, 6.07) is 7.19. The molecule has 0 amide bonds. The van der Waals surface area contributed by atoms with E-state index in [4.69, 9.17) is 16.0 Å². The lowest BCUT2D eigenvalue weighted by molar-refractivity contribution is 0.0994. The number of halogens is 1. The Morgan fingerprint density at radius 1 is 1.53 bits per heavy atom. The molecule has 1 aromatic heterocycles. The van der Waals surface area contributed by atoms with Crippen molar-refractivity contribution in [1.82, 2.24) is 0 Å². The minimum absolute atomic E-state index is 0.00485. The third kappa shape index (κ3) is 2.03. The first-order valence-electron chi connectivity index (χ1n) is 4.42. The Hall–Kier alpha value is -0.930. The Bertz CT molecular complexity index is 504. The Morgan fingerprint density at radius 2 is 2.33 bits per heavy atom. The summed E-state index contributed by atoms with van der Waals surface area (Å²) in [6.45, 7) is 0. The van der Waals surface area contributed by atoms with Gasteiger partial charge in [0.25, 0.3) is 0 Å². The molecule has 0 unspecified atom stereocenters. The highest BCUT2D eigenvalue weighted by Crippen LogP contribution is 2.26. The number of furan rings is 1. The van der Waals surface area contributed by atoms with E-state index >= 15 is 0 Å². The molecular formula is C11H9ClO2S. The van der Waals surface area contributed by atoms with Gasteiger partial charge in [0, 0.05) is 5.39 Å². The summed E-state index contributed by atoms with van der Waals surface area (Å²) < 4.78 is 5.42. The first kappa shape index (κ1) is 10.6. The van der Waals surface area contributed by atoms with E-state index in [2.05, 4.69) is 0 Å². The van der Waals surface area contributed by atoms with Crippen LogP contribution in [0.2, 0.25) is 5.02 Å². The fourth-order valence-electron chi connectivity index (χ4n) is 1.37. The molecule has 0 fully saturated rings. The molecule has 0 aliphatic heterocycles. The maximum absolute atomic E-state index is 11.6. The number of carbonyl (C=O) groups is 1. The van der Waals surface area contributed by atoms with Gasteiger partial charge in [-0.05, 0) is 18.4 Å². The molecule has 0 spiro atoms. The molecule has 0 atom stereocenters. The normalized spacial score (nSPS) is 10.8. The van der Waals surface area contributed by atoms with E-state index in [9.17, 15) is 4.79 Å². The SMILES string of the molecule is CSCC(=O)c1cc2cccc(Cl)c2o1. The topological polar surface area (TPSA) is 30.2 Å². The van der Waals surface area contributed by atoms with E-state index in [1.54, 1.807) is 12.1 Å². The van der Waals surface area contributed by atoms with Crippen molar-refractivity contribution >= 4 is 40.1 Å². The van der Waals surface area contributed by atoms with E-state index in [0.717, 1.165) is 5.39 Å². The quantitative estimate of drug-likeness (QED) is 0.768. The van der Waals surface area contributed by atoms with Gasteiger partial charge >= 0.3 is 0 Å². The van der Waals surface area contributed by atoms with Gasteiger partial charge in [-0.15, -0.1) is 0 Å². The predicted molar refractivity (Wildman–Crippen MR) is 63.9 cm³/mol. The molecule has 0 aliphatic rings. The van der Waals surface area contributed by atoms with Crippen molar-refractivity contribution in [3.05, 3.63) is 35.0 Å². The molecule has 0 radical (unpaired) electrons. The summed E-state index contributed by atoms with van der Waals surface area (Å²) in [7, 11) is 0. The third-order valence-corrected chi connectivity index (χ3v) is 2.89. The Kier molecular flexibility index (Phi) is 3.03. The van der Waals surface area contributed by atoms with Gasteiger partial charge in [0.05, 0.1) is 10.8 Å². The summed E-state index contributed by atoms with van der Waals surface area (Å²) in [5.41, 5.74) is 0.587. The second-order valence-corrected chi connectivity index (χ2v) is 4.40. The van der Waals surface area contributed by atoms with Crippen LogP contribution in [-0.4, -0.2) is 17.8 Å². The van der Waals surface area contributed by atoms with Crippen molar-refractivity contribution in [2.45, 2.75) is 0 Å². The van der Waals surface area contributed by atoms with Crippen molar-refractivity contribution in [3.8, 4) is 0 Å². The van der Waals surface area contributed by atoms with Crippen molar-refractivity contribution in [1.29, 1.82) is 0 Å². The number of ketones is 1. The second kappa shape index (κ2) is 4.29. The van der Waals surface area contributed by atoms with E-state index in [-0.39, 0.29) is 5.78 Å². The molecule has 0 bridgehead atoms. The fraction of sp³-hybridized carbons (Fsp3) is 0.182. The number of benzene rings is 1. The number of rotatable bonds is 3. The molecule has 0 N–H and O–H groups in total. The molecule has 2 aromatic rings. The summed E-state index contributed by atoms with van der Waals surface area (Å²) in [4.78, 5) is 11.6. The molecule has 1 heterocycles. The van der Waals surface area contributed by atoms with Gasteiger partial charge in [-0.25, -0.2) is 0 Å². The van der Waals surface area contributed by atoms with Crippen LogP contribution in [0.15, 0.2) is 28.7 Å². The van der Waals surface area contributed by atoms with Gasteiger partial charge < -0.3 is 4.42 Å². The zero-order valence-corrected chi connectivity index (χ0v) is 9.69. The molecule has 2 nitrogen and oxygen atoms in total. The molecule has 0 saturated carbocycles. The largest absolute Gasteiger partial charge is 0.451 e. The maximum Gasteiger partial charge on any atom is 0.207 e. The molecule has 2 rings (SSSR count). The lowest BCUT2D eigenvalue weighted by atomic mass is 10.2. The zero-order valence-electron chi connectivity index (χ0n) is 8.12. The first-order chi connectivity index (χ1) is 7.22. The highest BCUT2D eigenvalue weighted by Gasteiger charge is 2.12. The van der Waals surface area contributed by atoms with Crippen LogP contribution in [0.1, 0.15) is 10.6 Å². The molecule has 4 heteroatoms. The van der Waals surface area contributed by atoms with Crippen LogP contribution in [0.5, 0.6) is 0 Å². The lowest BCUT2D eigenvalue weighted by Crippen LogP contribution is -1.99. The second-order valence-electron chi connectivity index (χ2n) is 3.13. The van der Waals surface area contributed by atoms with Crippen molar-refractivity contribution in [3.63, 3.8) is 0 Å². The van der Waals surface area contributed by atoms with E-state index in [1.807, 2.05) is 18.4 Å². The van der Waals surface area contributed by atoms with E-state index < -0.39 is 0 Å². The average molecular weight is 241 g/mol. The van der Waals surface area contributed by atoms with Crippen molar-refractivity contribution < 1.29 is 9.21 Å². The van der Waals surface area contributed by atoms with Crippen LogP contribution in [0.3, 0.4) is 0 Å². The maximum atomic E-state index is 11.6. The third-order valence-electron chi connectivity index (χ3n) is 2.05. The molecule has 15 heavy (non-hydrogen) atoms. The summed E-state index contributed by atoms with van der Waals surface area (Å²) in [5.74, 6) is 0.805. The summed E-state index contributed by atoms with van der Waals surface area (Å²) in [6.07, 6.45) is 1.88. The molecule has 1 aromatic carbocycles. The number of hydrogen-bond donors (Lipinski definition) is 0. The van der Waals surface area contributed by atoms with Crippen LogP contribution in [0.25, 0.3) is 11.0 Å². The number of carbonyl (C=O) groups excluding carboxylic acids is 1. The Morgan fingerprint density at radius 3 is 3.00 bits per heavy atom. The molecular weight excluding hydrogens is 232 g/mol. The first-order valence-corrected chi connectivity index (χ1v) is 6.20. The number of hydrogen-bond acceptors (Lipinski definition) is 3. The van der Waals surface area contributed by atoms with Crippen LogP contribution >= 0.6 is 23.4 Å². The van der Waals surface area contributed by atoms with Gasteiger partial charge in [-0.3, -0.25) is 4.79 Å². The Balaban J connectivity index is 2.47. The highest BCUT2D eigenvalue weighted by atomic mass is 35.5. The summed E-state index contributed by atoms with van der Waals surface area (Å²) in [5, 5.41) is 1.41. The predicted octanol–water partition coefficient (Wildman–Crippen LogP) is 3.63. The minimum Gasteiger partial charge on any atom is -0.451 e. The molecule has 0 saturated heterocycles. The van der Waals surface area contributed by atoms with Crippen LogP contribution in [0.4, 0.5) is 0 Å². The van der Waals surface area contributed by atoms with Crippen LogP contribution in [-0.2, 0) is 0 Å². The monoisotopic (exact) mass is 240 g/mol. The van der Waals surface area contributed by atoms with Crippen molar-refractivity contribution in [2.75, 3.05) is 12.0 Å². The van der Waals surface area contributed by atoms with Gasteiger partial charge in [0.2, 0.25) is 5.78 Å². The molecule has 78 valence electrons. The minimum atomic E-state index is -0.00485. The highest BCUT2D eigenvalue weighted by molar-refractivity contribution is 7.99. The van der Waals surface area contributed by atoms with Crippen molar-refractivity contribution in [2.24, 2.45) is 0 Å². The van der Waals surface area contributed by atoms with Gasteiger partial charge in [-0.2, -0.15) is 11.8 Å². The van der Waals surface area contributed by atoms with Crippen LogP contribution in [0, 0.1) is 0 Å².